The fraction of sp³-hybridized carbons (Fsp3) is 0.368. The van der Waals surface area contributed by atoms with Gasteiger partial charge in [0.2, 0.25) is 0 Å². The number of hydrogen-bond donors (Lipinski definition) is 1. The topological polar surface area (TPSA) is 30.5 Å². The van der Waals surface area contributed by atoms with Gasteiger partial charge in [0.05, 0.1) is 13.7 Å². The molecule has 0 aliphatic carbocycles. The molecule has 0 amide bonds. The molecule has 0 heterocycles. The van der Waals surface area contributed by atoms with Gasteiger partial charge in [-0.25, -0.2) is 0 Å². The second-order valence-corrected chi connectivity index (χ2v) is 5.51. The van der Waals surface area contributed by atoms with Crippen LogP contribution in [0.2, 0.25) is 0 Å². The van der Waals surface area contributed by atoms with E-state index in [1.54, 1.807) is 7.11 Å². The second kappa shape index (κ2) is 7.74. The minimum atomic E-state index is 0.705. The molecule has 22 heavy (non-hydrogen) atoms. The highest BCUT2D eigenvalue weighted by atomic mass is 16.5. The molecule has 2 aromatic rings. The van der Waals surface area contributed by atoms with Gasteiger partial charge in [-0.1, -0.05) is 25.1 Å². The van der Waals surface area contributed by atoms with E-state index in [1.807, 2.05) is 12.1 Å². The van der Waals surface area contributed by atoms with Crippen LogP contribution in [0.25, 0.3) is 0 Å². The molecule has 0 fully saturated rings. The van der Waals surface area contributed by atoms with E-state index in [0.29, 0.717) is 6.61 Å². The van der Waals surface area contributed by atoms with E-state index in [9.17, 15) is 0 Å². The summed E-state index contributed by atoms with van der Waals surface area (Å²) in [7, 11) is 1.68. The van der Waals surface area contributed by atoms with E-state index >= 15 is 0 Å². The lowest BCUT2D eigenvalue weighted by Gasteiger charge is -2.14. The van der Waals surface area contributed by atoms with Crippen LogP contribution in [0.3, 0.4) is 0 Å². The Hall–Kier alpha value is -2.16. The van der Waals surface area contributed by atoms with E-state index < -0.39 is 0 Å². The number of ether oxygens (including phenoxy) is 2. The van der Waals surface area contributed by atoms with Crippen LogP contribution >= 0.6 is 0 Å². The summed E-state index contributed by atoms with van der Waals surface area (Å²) in [6.45, 7) is 7.78. The normalized spacial score (nSPS) is 10.4. The number of aryl methyl sites for hydroxylation is 2. The predicted octanol–water partition coefficient (Wildman–Crippen LogP) is 4.71. The van der Waals surface area contributed by atoms with Crippen molar-refractivity contribution in [2.24, 2.45) is 0 Å². The third kappa shape index (κ3) is 4.17. The van der Waals surface area contributed by atoms with Crippen LogP contribution in [0.1, 0.15) is 30.0 Å². The summed E-state index contributed by atoms with van der Waals surface area (Å²) >= 11 is 0. The molecule has 1 N–H and O–H groups in total. The summed E-state index contributed by atoms with van der Waals surface area (Å²) in [6, 6.07) is 12.5. The molecule has 0 saturated carbocycles. The van der Waals surface area contributed by atoms with Crippen molar-refractivity contribution < 1.29 is 9.47 Å². The van der Waals surface area contributed by atoms with Gasteiger partial charge in [-0.2, -0.15) is 0 Å². The molecule has 0 unspecified atom stereocenters. The number of rotatable bonds is 7. The van der Waals surface area contributed by atoms with E-state index in [-0.39, 0.29) is 0 Å². The maximum Gasteiger partial charge on any atom is 0.161 e. The molecular formula is C19H25NO2. The van der Waals surface area contributed by atoms with Crippen molar-refractivity contribution in [2.45, 2.75) is 33.7 Å². The van der Waals surface area contributed by atoms with E-state index in [1.165, 1.54) is 22.4 Å². The Labute approximate surface area is 133 Å². The van der Waals surface area contributed by atoms with Gasteiger partial charge in [0, 0.05) is 12.2 Å². The molecule has 2 aromatic carbocycles. The smallest absolute Gasteiger partial charge is 0.161 e. The lowest BCUT2D eigenvalue weighted by Crippen LogP contribution is -2.03. The third-order valence-electron chi connectivity index (χ3n) is 3.57. The molecule has 0 saturated heterocycles. The highest BCUT2D eigenvalue weighted by Crippen LogP contribution is 2.28. The maximum atomic E-state index is 5.68. The van der Waals surface area contributed by atoms with Gasteiger partial charge in [0.25, 0.3) is 0 Å². The molecule has 0 aliphatic heterocycles. The molecule has 3 nitrogen and oxygen atoms in total. The Balaban J connectivity index is 2.08. The zero-order chi connectivity index (χ0) is 15.9. The fourth-order valence-corrected chi connectivity index (χ4v) is 2.28. The van der Waals surface area contributed by atoms with E-state index in [4.69, 9.17) is 9.47 Å². The van der Waals surface area contributed by atoms with Gasteiger partial charge in [0.1, 0.15) is 0 Å². The van der Waals surface area contributed by atoms with Gasteiger partial charge < -0.3 is 14.8 Å². The summed E-state index contributed by atoms with van der Waals surface area (Å²) in [5.41, 5.74) is 4.85. The van der Waals surface area contributed by atoms with Crippen LogP contribution < -0.4 is 14.8 Å². The van der Waals surface area contributed by atoms with Gasteiger partial charge in [-0.05, 0) is 55.2 Å². The Morgan fingerprint density at radius 3 is 2.55 bits per heavy atom. The van der Waals surface area contributed by atoms with Crippen molar-refractivity contribution in [3.63, 3.8) is 0 Å². The van der Waals surface area contributed by atoms with Crippen molar-refractivity contribution in [1.82, 2.24) is 0 Å². The number of hydrogen-bond acceptors (Lipinski definition) is 3. The first-order valence-corrected chi connectivity index (χ1v) is 7.75. The van der Waals surface area contributed by atoms with Crippen LogP contribution in [0.15, 0.2) is 36.4 Å². The average Bonchev–Trinajstić information content (AvgIpc) is 2.54. The number of nitrogens with one attached hydrogen (secondary N) is 1. The summed E-state index contributed by atoms with van der Waals surface area (Å²) in [5, 5.41) is 3.49. The molecule has 0 aliphatic rings. The van der Waals surface area contributed by atoms with Gasteiger partial charge in [0.15, 0.2) is 11.5 Å². The molecule has 0 bridgehead atoms. The summed E-state index contributed by atoms with van der Waals surface area (Å²) in [5.74, 6) is 1.59. The maximum absolute atomic E-state index is 5.68. The first-order chi connectivity index (χ1) is 10.6. The molecule has 3 heteroatoms. The monoisotopic (exact) mass is 299 g/mol. The van der Waals surface area contributed by atoms with Crippen molar-refractivity contribution in [2.75, 3.05) is 19.0 Å². The van der Waals surface area contributed by atoms with E-state index in [2.05, 4.69) is 50.4 Å². The van der Waals surface area contributed by atoms with Crippen molar-refractivity contribution in [3.05, 3.63) is 53.1 Å². The Morgan fingerprint density at radius 1 is 1.00 bits per heavy atom. The Morgan fingerprint density at radius 2 is 1.82 bits per heavy atom. The second-order valence-electron chi connectivity index (χ2n) is 5.51. The zero-order valence-corrected chi connectivity index (χ0v) is 13.9. The number of benzene rings is 2. The Bertz CT molecular complexity index is 623. The summed E-state index contributed by atoms with van der Waals surface area (Å²) in [6.07, 6.45) is 0.985. The van der Waals surface area contributed by atoms with Crippen molar-refractivity contribution in [1.29, 1.82) is 0 Å². The lowest BCUT2D eigenvalue weighted by molar-refractivity contribution is 0.294. The van der Waals surface area contributed by atoms with Crippen LogP contribution in [0, 0.1) is 13.8 Å². The highest BCUT2D eigenvalue weighted by molar-refractivity contribution is 5.53. The molecule has 0 spiro atoms. The SMILES string of the molecule is CCCOc1ccc(CNc2cc(C)ccc2C)cc1OC. The summed E-state index contributed by atoms with van der Waals surface area (Å²) < 4.78 is 11.1. The first kappa shape index (κ1) is 16.2. The van der Waals surface area contributed by atoms with Crippen LogP contribution in [-0.2, 0) is 6.54 Å². The summed E-state index contributed by atoms with van der Waals surface area (Å²) in [4.78, 5) is 0. The largest absolute Gasteiger partial charge is 0.493 e. The molecular weight excluding hydrogens is 274 g/mol. The fourth-order valence-electron chi connectivity index (χ4n) is 2.28. The molecule has 0 atom stereocenters. The highest BCUT2D eigenvalue weighted by Gasteiger charge is 2.06. The molecule has 118 valence electrons. The number of anilines is 1. The van der Waals surface area contributed by atoms with Crippen molar-refractivity contribution >= 4 is 5.69 Å². The van der Waals surface area contributed by atoms with Gasteiger partial charge in [-0.3, -0.25) is 0 Å². The molecule has 0 aromatic heterocycles. The third-order valence-corrected chi connectivity index (χ3v) is 3.57. The lowest BCUT2D eigenvalue weighted by atomic mass is 10.1. The standard InChI is InChI=1S/C19H25NO2/c1-5-10-22-18-9-8-16(12-19(18)21-4)13-20-17-11-14(2)6-7-15(17)3/h6-9,11-12,20H,5,10,13H2,1-4H3. The van der Waals surface area contributed by atoms with Crippen molar-refractivity contribution in [3.8, 4) is 11.5 Å². The van der Waals surface area contributed by atoms with Crippen LogP contribution in [0.4, 0.5) is 5.69 Å². The minimum absolute atomic E-state index is 0.705. The molecule has 2 rings (SSSR count). The minimum Gasteiger partial charge on any atom is -0.493 e. The molecule has 0 radical (unpaired) electrons. The van der Waals surface area contributed by atoms with Gasteiger partial charge in [-0.15, -0.1) is 0 Å². The van der Waals surface area contributed by atoms with Crippen LogP contribution in [0.5, 0.6) is 11.5 Å². The van der Waals surface area contributed by atoms with Gasteiger partial charge >= 0.3 is 0 Å². The van der Waals surface area contributed by atoms with E-state index in [0.717, 1.165) is 24.5 Å². The first-order valence-electron chi connectivity index (χ1n) is 7.75. The number of methoxy groups -OCH3 is 1. The Kier molecular flexibility index (Phi) is 5.70. The average molecular weight is 299 g/mol. The predicted molar refractivity (Wildman–Crippen MR) is 92.0 cm³/mol. The zero-order valence-electron chi connectivity index (χ0n) is 13.9. The quantitative estimate of drug-likeness (QED) is 0.803. The van der Waals surface area contributed by atoms with Crippen LogP contribution in [-0.4, -0.2) is 13.7 Å².